The summed E-state index contributed by atoms with van der Waals surface area (Å²) in [6, 6.07) is 0. The summed E-state index contributed by atoms with van der Waals surface area (Å²) < 4.78 is 0. The number of hydroxylamine groups is 2. The van der Waals surface area contributed by atoms with Gasteiger partial charge in [-0.05, 0) is 34.6 Å². The van der Waals surface area contributed by atoms with Crippen molar-refractivity contribution in [2.75, 3.05) is 0 Å². The van der Waals surface area contributed by atoms with Crippen molar-refractivity contribution in [2.24, 2.45) is 0 Å². The molecule has 0 aromatic carbocycles. The predicted octanol–water partition coefficient (Wildman–Crippen LogP) is 1.34. The van der Waals surface area contributed by atoms with Gasteiger partial charge in [-0.15, -0.1) is 0 Å². The Morgan fingerprint density at radius 2 is 1.59 bits per heavy atom. The van der Waals surface area contributed by atoms with Crippen LogP contribution in [0.25, 0.3) is 0 Å². The zero-order chi connectivity index (χ0) is 13.7. The van der Waals surface area contributed by atoms with Crippen LogP contribution in [0.15, 0.2) is 24.3 Å². The fraction of sp³-hybridized carbons (Fsp3) is 0.583. The van der Waals surface area contributed by atoms with Crippen molar-refractivity contribution >= 4 is 5.97 Å². The monoisotopic (exact) mass is 243 g/mol. The molecule has 0 heterocycles. The van der Waals surface area contributed by atoms with E-state index in [-0.39, 0.29) is 0 Å². The molecule has 0 amide bonds. The van der Waals surface area contributed by atoms with Gasteiger partial charge in [-0.25, -0.2) is 4.79 Å². The van der Waals surface area contributed by atoms with E-state index < -0.39 is 17.4 Å². The Labute approximate surface area is 102 Å². The van der Waals surface area contributed by atoms with Crippen molar-refractivity contribution in [1.82, 2.24) is 5.06 Å². The molecular formula is C12H21NO4. The van der Waals surface area contributed by atoms with Gasteiger partial charge in [-0.2, -0.15) is 0 Å². The van der Waals surface area contributed by atoms with Gasteiger partial charge in [0.05, 0.1) is 0 Å². The van der Waals surface area contributed by atoms with E-state index in [1.165, 1.54) is 39.8 Å². The van der Waals surface area contributed by atoms with E-state index in [9.17, 15) is 15.0 Å². The highest BCUT2D eigenvalue weighted by Gasteiger charge is 2.38. The third-order valence-corrected chi connectivity index (χ3v) is 1.71. The van der Waals surface area contributed by atoms with E-state index in [1.54, 1.807) is 12.2 Å². The normalized spacial score (nSPS) is 13.9. The van der Waals surface area contributed by atoms with E-state index in [4.69, 9.17) is 4.84 Å². The number of carbonyl (C=O) groups excluding carboxylic acids is 1. The summed E-state index contributed by atoms with van der Waals surface area (Å²) in [6.07, 6.45) is 6.13. The molecule has 0 fully saturated rings. The highest BCUT2D eigenvalue weighted by atomic mass is 16.7. The van der Waals surface area contributed by atoms with Crippen molar-refractivity contribution in [3.8, 4) is 0 Å². The second-order valence-electron chi connectivity index (χ2n) is 4.58. The molecule has 0 radical (unpaired) electrons. The smallest absolute Gasteiger partial charge is 0.349 e. The Balaban J connectivity index is 4.74. The van der Waals surface area contributed by atoms with Crippen molar-refractivity contribution < 1.29 is 19.8 Å². The standard InChI is InChI=1S/C12H21NO4/c1-6-7-8-9-10(14)17-13(11(2,3)15)12(4,5)16/h6-9,15-16H,1-5H3/b7-6+,9-8+. The van der Waals surface area contributed by atoms with Crippen molar-refractivity contribution in [2.45, 2.75) is 46.1 Å². The van der Waals surface area contributed by atoms with Crippen molar-refractivity contribution in [3.05, 3.63) is 24.3 Å². The maximum atomic E-state index is 11.4. The largest absolute Gasteiger partial charge is 0.373 e. The van der Waals surface area contributed by atoms with Gasteiger partial charge in [0.15, 0.2) is 0 Å². The van der Waals surface area contributed by atoms with Gasteiger partial charge < -0.3 is 15.1 Å². The molecule has 98 valence electrons. The van der Waals surface area contributed by atoms with Crippen LogP contribution in [0.3, 0.4) is 0 Å². The molecule has 5 heteroatoms. The predicted molar refractivity (Wildman–Crippen MR) is 64.5 cm³/mol. The minimum atomic E-state index is -1.48. The van der Waals surface area contributed by atoms with Crippen LogP contribution in [0, 0.1) is 0 Å². The van der Waals surface area contributed by atoms with Crippen LogP contribution in [0.1, 0.15) is 34.6 Å². The van der Waals surface area contributed by atoms with E-state index in [1.807, 2.05) is 6.92 Å². The lowest BCUT2D eigenvalue weighted by atomic mass is 10.2. The van der Waals surface area contributed by atoms with Crippen LogP contribution < -0.4 is 0 Å². The van der Waals surface area contributed by atoms with Gasteiger partial charge in [0, 0.05) is 6.08 Å². The van der Waals surface area contributed by atoms with Crippen LogP contribution in [-0.4, -0.2) is 32.7 Å². The van der Waals surface area contributed by atoms with Gasteiger partial charge in [-0.3, -0.25) is 0 Å². The first-order valence-corrected chi connectivity index (χ1v) is 5.35. The lowest BCUT2D eigenvalue weighted by molar-refractivity contribution is -0.344. The number of hydrogen-bond donors (Lipinski definition) is 2. The molecule has 0 atom stereocenters. The van der Waals surface area contributed by atoms with Gasteiger partial charge in [0.2, 0.25) is 0 Å². The van der Waals surface area contributed by atoms with Crippen LogP contribution in [0.5, 0.6) is 0 Å². The second kappa shape index (κ2) is 5.95. The first kappa shape index (κ1) is 15.8. The summed E-state index contributed by atoms with van der Waals surface area (Å²) in [5.74, 6) is -0.674. The third kappa shape index (κ3) is 6.21. The Bertz CT molecular complexity index is 293. The summed E-state index contributed by atoms with van der Waals surface area (Å²) in [7, 11) is 0. The molecule has 0 aromatic heterocycles. The maximum Gasteiger partial charge on any atom is 0.349 e. The lowest BCUT2D eigenvalue weighted by Gasteiger charge is -2.39. The molecule has 0 aliphatic heterocycles. The Morgan fingerprint density at radius 1 is 1.12 bits per heavy atom. The number of rotatable bonds is 5. The van der Waals surface area contributed by atoms with Crippen LogP contribution >= 0.6 is 0 Å². The Morgan fingerprint density at radius 3 is 1.94 bits per heavy atom. The fourth-order valence-corrected chi connectivity index (χ4v) is 1.26. The summed E-state index contributed by atoms with van der Waals surface area (Å²) in [5.41, 5.74) is -2.97. The molecular weight excluding hydrogens is 222 g/mol. The van der Waals surface area contributed by atoms with E-state index in [0.717, 1.165) is 5.06 Å². The number of aliphatic hydroxyl groups is 2. The van der Waals surface area contributed by atoms with Crippen LogP contribution in [0.4, 0.5) is 0 Å². The first-order chi connectivity index (χ1) is 7.59. The molecule has 5 nitrogen and oxygen atoms in total. The van der Waals surface area contributed by atoms with Gasteiger partial charge in [0.1, 0.15) is 11.4 Å². The molecule has 0 saturated heterocycles. The Hall–Kier alpha value is -1.17. The molecule has 0 saturated carbocycles. The first-order valence-electron chi connectivity index (χ1n) is 5.35. The average molecular weight is 243 g/mol. The summed E-state index contributed by atoms with van der Waals surface area (Å²) in [4.78, 5) is 16.3. The summed E-state index contributed by atoms with van der Waals surface area (Å²) >= 11 is 0. The van der Waals surface area contributed by atoms with Crippen molar-refractivity contribution in [1.29, 1.82) is 0 Å². The van der Waals surface area contributed by atoms with Crippen LogP contribution in [0.2, 0.25) is 0 Å². The van der Waals surface area contributed by atoms with Gasteiger partial charge >= 0.3 is 5.97 Å². The number of carbonyl (C=O) groups is 1. The number of hydrogen-bond acceptors (Lipinski definition) is 5. The fourth-order valence-electron chi connectivity index (χ4n) is 1.26. The second-order valence-corrected chi connectivity index (χ2v) is 4.58. The molecule has 0 aromatic rings. The molecule has 0 aliphatic rings. The minimum absolute atomic E-state index is 0.674. The summed E-state index contributed by atoms with van der Waals surface area (Å²) in [6.45, 7) is 7.46. The zero-order valence-electron chi connectivity index (χ0n) is 11.0. The molecule has 0 rings (SSSR count). The molecule has 0 unspecified atom stereocenters. The van der Waals surface area contributed by atoms with Gasteiger partial charge in [0.25, 0.3) is 0 Å². The summed E-state index contributed by atoms with van der Waals surface area (Å²) in [5, 5.41) is 20.4. The molecule has 2 N–H and O–H groups in total. The van der Waals surface area contributed by atoms with E-state index in [2.05, 4.69) is 0 Å². The molecule has 0 bridgehead atoms. The molecule has 0 aliphatic carbocycles. The quantitative estimate of drug-likeness (QED) is 0.330. The van der Waals surface area contributed by atoms with E-state index in [0.29, 0.717) is 0 Å². The topological polar surface area (TPSA) is 70.0 Å². The number of allylic oxidation sites excluding steroid dienone is 3. The van der Waals surface area contributed by atoms with Crippen molar-refractivity contribution in [3.63, 3.8) is 0 Å². The van der Waals surface area contributed by atoms with Gasteiger partial charge in [-0.1, -0.05) is 23.3 Å². The lowest BCUT2D eigenvalue weighted by Crippen LogP contribution is -2.56. The third-order valence-electron chi connectivity index (χ3n) is 1.71. The minimum Gasteiger partial charge on any atom is -0.373 e. The Kier molecular flexibility index (Phi) is 5.54. The maximum absolute atomic E-state index is 11.4. The highest BCUT2D eigenvalue weighted by molar-refractivity contribution is 5.82. The zero-order valence-corrected chi connectivity index (χ0v) is 11.0. The number of nitrogens with zero attached hydrogens (tertiary/aromatic N) is 1. The van der Waals surface area contributed by atoms with Crippen LogP contribution in [-0.2, 0) is 9.63 Å². The molecule has 17 heavy (non-hydrogen) atoms. The van der Waals surface area contributed by atoms with E-state index >= 15 is 0 Å². The average Bonchev–Trinajstić information content (AvgIpc) is 2.11. The molecule has 0 spiro atoms. The SMILES string of the molecule is C/C=C/C=C/C(=O)ON(C(C)(C)O)C(C)(C)O. The highest BCUT2D eigenvalue weighted by Crippen LogP contribution is 2.21.